The second kappa shape index (κ2) is 12.1. The number of halogens is 3. The Morgan fingerprint density at radius 2 is 1.79 bits per heavy atom. The number of benzene rings is 1. The fourth-order valence-corrected chi connectivity index (χ4v) is 2.34. The van der Waals surface area contributed by atoms with Gasteiger partial charge < -0.3 is 20.1 Å². The van der Waals surface area contributed by atoms with Crippen molar-refractivity contribution < 1.29 is 37.0 Å². The van der Waals surface area contributed by atoms with Crippen LogP contribution in [-0.2, 0) is 19.1 Å². The molecule has 0 radical (unpaired) electrons. The molecule has 0 heterocycles. The Labute approximate surface area is 164 Å². The van der Waals surface area contributed by atoms with Gasteiger partial charge in [-0.15, -0.1) is 0 Å². The molecule has 28 heavy (non-hydrogen) atoms. The second-order valence-corrected chi connectivity index (χ2v) is 6.49. The summed E-state index contributed by atoms with van der Waals surface area (Å²) in [5, 5.41) is 4.03. The van der Waals surface area contributed by atoms with Crippen LogP contribution in [0.5, 0.6) is 5.75 Å². The number of carbonyl (C=O) groups is 3. The van der Waals surface area contributed by atoms with Gasteiger partial charge in [-0.2, -0.15) is 24.9 Å². The van der Waals surface area contributed by atoms with Crippen LogP contribution in [-0.4, -0.2) is 61.8 Å². The number of alkyl halides is 3. The number of thioether (sulfide) groups is 1. The van der Waals surface area contributed by atoms with Gasteiger partial charge in [-0.3, -0.25) is 9.59 Å². The Kier molecular flexibility index (Phi) is 10.2. The summed E-state index contributed by atoms with van der Waals surface area (Å²) in [6, 6.07) is 7.52. The van der Waals surface area contributed by atoms with Crippen LogP contribution >= 0.6 is 11.8 Å². The molecule has 0 spiro atoms. The van der Waals surface area contributed by atoms with Crippen molar-refractivity contribution in [3.8, 4) is 5.75 Å². The Balaban J connectivity index is 2.47. The molecule has 0 bridgehead atoms. The highest BCUT2D eigenvalue weighted by molar-refractivity contribution is 7.98. The second-order valence-electron chi connectivity index (χ2n) is 5.50. The van der Waals surface area contributed by atoms with Gasteiger partial charge in [0.05, 0.1) is 0 Å². The summed E-state index contributed by atoms with van der Waals surface area (Å²) in [5.41, 5.74) is 0. The van der Waals surface area contributed by atoms with E-state index in [0.29, 0.717) is 11.5 Å². The van der Waals surface area contributed by atoms with Crippen LogP contribution < -0.4 is 15.4 Å². The lowest BCUT2D eigenvalue weighted by Crippen LogP contribution is -2.45. The molecule has 1 atom stereocenters. The Morgan fingerprint density at radius 1 is 1.11 bits per heavy atom. The van der Waals surface area contributed by atoms with Gasteiger partial charge in [0, 0.05) is 0 Å². The van der Waals surface area contributed by atoms with Crippen LogP contribution in [0.3, 0.4) is 0 Å². The molecule has 0 saturated carbocycles. The van der Waals surface area contributed by atoms with Gasteiger partial charge in [0.25, 0.3) is 11.8 Å². The molecular weight excluding hydrogens is 401 g/mol. The summed E-state index contributed by atoms with van der Waals surface area (Å²) >= 11 is 1.43. The Morgan fingerprint density at radius 3 is 2.39 bits per heavy atom. The quantitative estimate of drug-likeness (QED) is 0.526. The lowest BCUT2D eigenvalue weighted by molar-refractivity contribution is -0.154. The average molecular weight is 422 g/mol. The highest BCUT2D eigenvalue weighted by Crippen LogP contribution is 2.12. The third-order valence-corrected chi connectivity index (χ3v) is 3.82. The SMILES string of the molecule is CSCCC(NC(=O)COc1ccccc1)C(=O)OCC(=O)NCC(F)(F)F. The van der Waals surface area contributed by atoms with Crippen LogP contribution in [0.15, 0.2) is 30.3 Å². The van der Waals surface area contributed by atoms with E-state index in [9.17, 15) is 27.6 Å². The number of para-hydroxylation sites is 1. The van der Waals surface area contributed by atoms with E-state index in [1.165, 1.54) is 11.8 Å². The molecule has 1 aromatic carbocycles. The van der Waals surface area contributed by atoms with Gasteiger partial charge in [-0.25, -0.2) is 4.79 Å². The Bertz CT molecular complexity index is 643. The monoisotopic (exact) mass is 422 g/mol. The molecule has 11 heteroatoms. The molecule has 1 rings (SSSR count). The normalized spacial score (nSPS) is 12.0. The summed E-state index contributed by atoms with van der Waals surface area (Å²) in [6.45, 7) is -2.73. The highest BCUT2D eigenvalue weighted by Gasteiger charge is 2.28. The van der Waals surface area contributed by atoms with Crippen molar-refractivity contribution in [2.24, 2.45) is 0 Å². The van der Waals surface area contributed by atoms with Gasteiger partial charge in [0.1, 0.15) is 18.3 Å². The van der Waals surface area contributed by atoms with E-state index < -0.39 is 43.2 Å². The maximum absolute atomic E-state index is 12.1. The molecule has 2 amide bonds. The fourth-order valence-electron chi connectivity index (χ4n) is 1.87. The van der Waals surface area contributed by atoms with Crippen molar-refractivity contribution in [2.45, 2.75) is 18.6 Å². The molecule has 0 aliphatic heterocycles. The molecule has 7 nitrogen and oxygen atoms in total. The van der Waals surface area contributed by atoms with Crippen LogP contribution in [0.25, 0.3) is 0 Å². The van der Waals surface area contributed by atoms with Gasteiger partial charge in [0.2, 0.25) is 0 Å². The minimum Gasteiger partial charge on any atom is -0.484 e. The Hall–Kier alpha value is -2.43. The van der Waals surface area contributed by atoms with Crippen molar-refractivity contribution in [1.29, 1.82) is 0 Å². The van der Waals surface area contributed by atoms with Crippen LogP contribution in [0.2, 0.25) is 0 Å². The summed E-state index contributed by atoms with van der Waals surface area (Å²) in [7, 11) is 0. The number of rotatable bonds is 11. The molecule has 0 aliphatic carbocycles. The van der Waals surface area contributed by atoms with Crippen LogP contribution in [0, 0.1) is 0 Å². The van der Waals surface area contributed by atoms with Crippen molar-refractivity contribution in [3.05, 3.63) is 30.3 Å². The van der Waals surface area contributed by atoms with Crippen molar-refractivity contribution in [3.63, 3.8) is 0 Å². The topological polar surface area (TPSA) is 93.7 Å². The molecule has 0 fully saturated rings. The lowest BCUT2D eigenvalue weighted by atomic mass is 10.2. The first kappa shape index (κ1) is 23.6. The number of hydrogen-bond acceptors (Lipinski definition) is 6. The van der Waals surface area contributed by atoms with Crippen molar-refractivity contribution >= 4 is 29.5 Å². The first-order valence-corrected chi connectivity index (χ1v) is 9.57. The van der Waals surface area contributed by atoms with E-state index in [1.807, 2.05) is 0 Å². The third kappa shape index (κ3) is 10.7. The van der Waals surface area contributed by atoms with Crippen molar-refractivity contribution in [2.75, 3.05) is 31.8 Å². The number of carbonyl (C=O) groups excluding carboxylic acids is 3. The lowest BCUT2D eigenvalue weighted by Gasteiger charge is -2.17. The summed E-state index contributed by atoms with van der Waals surface area (Å²) in [5.74, 6) is -1.59. The van der Waals surface area contributed by atoms with E-state index in [-0.39, 0.29) is 13.0 Å². The first-order valence-electron chi connectivity index (χ1n) is 8.17. The van der Waals surface area contributed by atoms with Gasteiger partial charge in [-0.1, -0.05) is 18.2 Å². The van der Waals surface area contributed by atoms with E-state index >= 15 is 0 Å². The summed E-state index contributed by atoms with van der Waals surface area (Å²) in [4.78, 5) is 35.4. The largest absolute Gasteiger partial charge is 0.484 e. The highest BCUT2D eigenvalue weighted by atomic mass is 32.2. The molecule has 156 valence electrons. The molecule has 0 aliphatic rings. The average Bonchev–Trinajstić information content (AvgIpc) is 2.66. The smallest absolute Gasteiger partial charge is 0.405 e. The molecular formula is C17H21F3N2O5S. The molecule has 1 unspecified atom stereocenters. The van der Waals surface area contributed by atoms with E-state index in [4.69, 9.17) is 9.47 Å². The van der Waals surface area contributed by atoms with Gasteiger partial charge in [0.15, 0.2) is 13.2 Å². The predicted octanol–water partition coefficient (Wildman–Crippen LogP) is 1.52. The predicted molar refractivity (Wildman–Crippen MR) is 96.9 cm³/mol. The van der Waals surface area contributed by atoms with Gasteiger partial charge >= 0.3 is 12.1 Å². The molecule has 2 N–H and O–H groups in total. The number of amides is 2. The fraction of sp³-hybridized carbons (Fsp3) is 0.471. The number of nitrogens with one attached hydrogen (secondary N) is 2. The maximum atomic E-state index is 12.1. The zero-order valence-corrected chi connectivity index (χ0v) is 15.9. The van der Waals surface area contributed by atoms with Crippen LogP contribution in [0.4, 0.5) is 13.2 Å². The number of ether oxygens (including phenoxy) is 2. The molecule has 0 saturated heterocycles. The zero-order chi connectivity index (χ0) is 21.0. The first-order chi connectivity index (χ1) is 13.2. The standard InChI is InChI=1S/C17H21F3N2O5S/c1-28-8-7-13(16(25)27-9-14(23)21-11-17(18,19)20)22-15(24)10-26-12-5-3-2-4-6-12/h2-6,13H,7-11H2,1H3,(H,21,23)(H,22,24). The van der Waals surface area contributed by atoms with Crippen molar-refractivity contribution in [1.82, 2.24) is 10.6 Å². The molecule has 1 aromatic rings. The summed E-state index contributed by atoms with van der Waals surface area (Å²) in [6.07, 6.45) is -2.54. The minimum atomic E-state index is -4.56. The van der Waals surface area contributed by atoms with E-state index in [0.717, 1.165) is 0 Å². The number of esters is 1. The van der Waals surface area contributed by atoms with Crippen LogP contribution in [0.1, 0.15) is 6.42 Å². The molecule has 0 aromatic heterocycles. The maximum Gasteiger partial charge on any atom is 0.405 e. The third-order valence-electron chi connectivity index (χ3n) is 3.18. The van der Waals surface area contributed by atoms with Gasteiger partial charge in [-0.05, 0) is 30.6 Å². The number of hydrogen-bond donors (Lipinski definition) is 2. The van der Waals surface area contributed by atoms with E-state index in [1.54, 1.807) is 41.9 Å². The summed E-state index contributed by atoms with van der Waals surface area (Å²) < 4.78 is 46.1. The van der Waals surface area contributed by atoms with E-state index in [2.05, 4.69) is 5.32 Å². The zero-order valence-electron chi connectivity index (χ0n) is 15.1. The minimum absolute atomic E-state index is 0.223.